The van der Waals surface area contributed by atoms with Gasteiger partial charge in [0.1, 0.15) is 16.5 Å². The number of aliphatic hydroxyl groups is 1. The first kappa shape index (κ1) is 24.6. The quantitative estimate of drug-likeness (QED) is 0.273. The first-order valence-electron chi connectivity index (χ1n) is 11.2. The van der Waals surface area contributed by atoms with E-state index in [4.69, 9.17) is 0 Å². The number of hydrogen-bond donors (Lipinski definition) is 4. The predicted octanol–water partition coefficient (Wildman–Crippen LogP) is 4.28. The van der Waals surface area contributed by atoms with Gasteiger partial charge in [0.05, 0.1) is 29.1 Å². The molecule has 0 saturated carbocycles. The molecular weight excluding hydrogens is 469 g/mol. The molecule has 0 aliphatic heterocycles. The number of pyridine rings is 1. The Morgan fingerprint density at radius 1 is 1.26 bits per heavy atom. The summed E-state index contributed by atoms with van der Waals surface area (Å²) < 4.78 is 15.9. The molecule has 9 nitrogen and oxygen atoms in total. The van der Waals surface area contributed by atoms with E-state index in [1.54, 1.807) is 10.9 Å². The molecule has 1 atom stereocenters. The van der Waals surface area contributed by atoms with Gasteiger partial charge in [0, 0.05) is 30.3 Å². The molecule has 3 heterocycles. The molecule has 4 N–H and O–H groups in total. The lowest BCUT2D eigenvalue weighted by molar-refractivity contribution is -0.00177. The molecule has 4 aromatic rings. The van der Waals surface area contributed by atoms with Crippen molar-refractivity contribution in [2.45, 2.75) is 45.5 Å². The minimum Gasteiger partial charge on any atom is -0.387 e. The van der Waals surface area contributed by atoms with Crippen LogP contribution in [-0.4, -0.2) is 55.1 Å². The Bertz CT molecular complexity index is 1300. The van der Waals surface area contributed by atoms with E-state index in [9.17, 15) is 14.3 Å². The van der Waals surface area contributed by atoms with Crippen molar-refractivity contribution in [3.05, 3.63) is 54.5 Å². The van der Waals surface area contributed by atoms with Crippen LogP contribution >= 0.6 is 11.3 Å². The van der Waals surface area contributed by atoms with Crippen LogP contribution in [0.15, 0.2) is 48.9 Å². The maximum atomic E-state index is 14.1. The van der Waals surface area contributed by atoms with Gasteiger partial charge in [-0.1, -0.05) is 11.3 Å². The van der Waals surface area contributed by atoms with E-state index in [0.717, 1.165) is 11.4 Å². The summed E-state index contributed by atoms with van der Waals surface area (Å²) in [4.78, 5) is 22.6. The number of nitrogens with zero attached hydrogens (tertiary/aromatic N) is 4. The van der Waals surface area contributed by atoms with Gasteiger partial charge in [-0.2, -0.15) is 5.10 Å². The number of alkyl halides is 1. The number of carbonyl (C=O) groups excluding carboxylic acids is 1. The maximum Gasteiger partial charge on any atom is 0.255 e. The summed E-state index contributed by atoms with van der Waals surface area (Å²) in [5, 5.41) is 23.8. The van der Waals surface area contributed by atoms with Crippen molar-refractivity contribution in [3.8, 4) is 5.69 Å². The molecule has 4 rings (SSSR count). The zero-order chi connectivity index (χ0) is 25.2. The molecule has 1 aromatic carbocycles. The highest BCUT2D eigenvalue weighted by Gasteiger charge is 2.28. The Kier molecular flexibility index (Phi) is 6.99. The summed E-state index contributed by atoms with van der Waals surface area (Å²) in [7, 11) is 0. The highest BCUT2D eigenvalue weighted by atomic mass is 32.1. The molecule has 0 fully saturated rings. The van der Waals surface area contributed by atoms with Crippen molar-refractivity contribution in [3.63, 3.8) is 0 Å². The zero-order valence-corrected chi connectivity index (χ0v) is 20.7. The number of aromatic nitrogens is 4. The van der Waals surface area contributed by atoms with E-state index in [2.05, 4.69) is 31.0 Å². The highest BCUT2D eigenvalue weighted by molar-refractivity contribution is 7.21. The first-order chi connectivity index (χ1) is 16.6. The van der Waals surface area contributed by atoms with Gasteiger partial charge in [-0.3, -0.25) is 4.79 Å². The topological polar surface area (TPSA) is 117 Å². The number of hydrogen-bond acceptors (Lipinski definition) is 8. The molecule has 184 valence electrons. The van der Waals surface area contributed by atoms with Crippen LogP contribution in [0, 0.1) is 0 Å². The number of fused-ring (bicyclic) bond motifs is 1. The third kappa shape index (κ3) is 5.75. The number of benzene rings is 1. The van der Waals surface area contributed by atoms with Crippen LogP contribution in [0.4, 0.5) is 20.9 Å². The molecule has 0 bridgehead atoms. The molecule has 0 radical (unpaired) electrons. The number of rotatable bonds is 9. The molecule has 0 unspecified atom stereocenters. The Labute approximate surface area is 206 Å². The Balaban J connectivity index is 1.58. The number of nitrogens with one attached hydrogen (secondary N) is 3. The second-order valence-electron chi connectivity index (χ2n) is 8.97. The summed E-state index contributed by atoms with van der Waals surface area (Å²) in [6, 6.07) is 9.63. The Morgan fingerprint density at radius 3 is 2.63 bits per heavy atom. The zero-order valence-electron chi connectivity index (χ0n) is 19.9. The monoisotopic (exact) mass is 497 g/mol. The third-order valence-electron chi connectivity index (χ3n) is 5.20. The second kappa shape index (κ2) is 9.96. The van der Waals surface area contributed by atoms with E-state index in [1.807, 2.05) is 50.4 Å². The van der Waals surface area contributed by atoms with Crippen molar-refractivity contribution in [1.82, 2.24) is 25.1 Å². The molecule has 0 saturated heterocycles. The number of carbonyl (C=O) groups is 1. The van der Waals surface area contributed by atoms with Crippen molar-refractivity contribution < 1.29 is 14.3 Å². The van der Waals surface area contributed by atoms with E-state index >= 15 is 0 Å². The van der Waals surface area contributed by atoms with Crippen LogP contribution in [0.25, 0.3) is 16.0 Å². The summed E-state index contributed by atoms with van der Waals surface area (Å²) >= 11 is 1.36. The average Bonchev–Trinajstić information content (AvgIpc) is 3.47. The van der Waals surface area contributed by atoms with Crippen molar-refractivity contribution >= 4 is 44.1 Å². The fourth-order valence-corrected chi connectivity index (χ4v) is 4.15. The predicted molar refractivity (Wildman–Crippen MR) is 137 cm³/mol. The standard InChI is InChI=1S/C24H28FN7O2S/c1-14(2)29-19-17(21(33)26-13-18(25)24(3,4)34)12-27-22-20(19)31-23(35-22)30-15-6-8-16(9-7-15)32-11-5-10-28-32/h5-12,14,18,34H,13H2,1-4H3,(H,26,33)(H,27,29)(H,30,31)/t18-/m1/s1. The van der Waals surface area contributed by atoms with E-state index in [0.29, 0.717) is 21.2 Å². The van der Waals surface area contributed by atoms with Gasteiger partial charge < -0.3 is 21.1 Å². The third-order valence-corrected chi connectivity index (χ3v) is 6.08. The van der Waals surface area contributed by atoms with Crippen LogP contribution in [0.1, 0.15) is 38.1 Å². The number of anilines is 3. The molecular formula is C24H28FN7O2S. The SMILES string of the molecule is CC(C)Nc1c(C(=O)NC[C@@H](F)C(C)(C)O)cnc2sc(Nc3ccc(-n4cccn4)cc3)nc12. The molecule has 35 heavy (non-hydrogen) atoms. The van der Waals surface area contributed by atoms with E-state index in [-0.39, 0.29) is 18.2 Å². The lowest BCUT2D eigenvalue weighted by atomic mass is 10.0. The van der Waals surface area contributed by atoms with Gasteiger partial charge in [-0.15, -0.1) is 0 Å². The van der Waals surface area contributed by atoms with Crippen LogP contribution in [-0.2, 0) is 0 Å². The Hall–Kier alpha value is -3.57. The minimum atomic E-state index is -1.61. The van der Waals surface area contributed by atoms with Gasteiger partial charge >= 0.3 is 0 Å². The largest absolute Gasteiger partial charge is 0.387 e. The van der Waals surface area contributed by atoms with Crippen LogP contribution < -0.4 is 16.0 Å². The first-order valence-corrected chi connectivity index (χ1v) is 12.0. The lowest BCUT2D eigenvalue weighted by Crippen LogP contribution is -2.42. The van der Waals surface area contributed by atoms with Gasteiger partial charge in [-0.05, 0) is 58.0 Å². The number of halogens is 1. The molecule has 3 aromatic heterocycles. The van der Waals surface area contributed by atoms with Crippen LogP contribution in [0.5, 0.6) is 0 Å². The van der Waals surface area contributed by atoms with E-state index < -0.39 is 17.7 Å². The lowest BCUT2D eigenvalue weighted by Gasteiger charge is -2.22. The van der Waals surface area contributed by atoms with Crippen LogP contribution in [0.2, 0.25) is 0 Å². The summed E-state index contributed by atoms with van der Waals surface area (Å²) in [6.07, 6.45) is 3.44. The van der Waals surface area contributed by atoms with Gasteiger partial charge in [0.25, 0.3) is 5.91 Å². The fourth-order valence-electron chi connectivity index (χ4n) is 3.31. The van der Waals surface area contributed by atoms with Crippen LogP contribution in [0.3, 0.4) is 0 Å². The van der Waals surface area contributed by atoms with Crippen molar-refractivity contribution in [2.24, 2.45) is 0 Å². The van der Waals surface area contributed by atoms with Gasteiger partial charge in [0.15, 0.2) is 5.13 Å². The minimum absolute atomic E-state index is 0.0189. The van der Waals surface area contributed by atoms with Gasteiger partial charge in [-0.25, -0.2) is 19.0 Å². The normalized spacial score (nSPS) is 12.7. The highest BCUT2D eigenvalue weighted by Crippen LogP contribution is 2.34. The molecule has 0 aliphatic carbocycles. The number of thiazole rings is 1. The van der Waals surface area contributed by atoms with Crippen molar-refractivity contribution in [1.29, 1.82) is 0 Å². The maximum absolute atomic E-state index is 14.1. The average molecular weight is 498 g/mol. The smallest absolute Gasteiger partial charge is 0.255 e. The molecule has 11 heteroatoms. The number of amides is 1. The summed E-state index contributed by atoms with van der Waals surface area (Å²) in [6.45, 7) is 6.30. The second-order valence-corrected chi connectivity index (χ2v) is 9.95. The van der Waals surface area contributed by atoms with Crippen molar-refractivity contribution in [2.75, 3.05) is 17.2 Å². The summed E-state index contributed by atoms with van der Waals surface area (Å²) in [5.41, 5.74) is 1.56. The summed E-state index contributed by atoms with van der Waals surface area (Å²) in [5.74, 6) is -0.494. The van der Waals surface area contributed by atoms with Gasteiger partial charge in [0.2, 0.25) is 0 Å². The Morgan fingerprint density at radius 2 is 2.00 bits per heavy atom. The van der Waals surface area contributed by atoms with E-state index in [1.165, 1.54) is 31.4 Å². The fraction of sp³-hybridized carbons (Fsp3) is 0.333. The molecule has 0 spiro atoms. The molecule has 1 amide bonds. The molecule has 0 aliphatic rings.